The molecule has 0 fully saturated rings. The fourth-order valence-corrected chi connectivity index (χ4v) is 3.59. The highest BCUT2D eigenvalue weighted by Crippen LogP contribution is 2.33. The molecule has 90 valence electrons. The van der Waals surface area contributed by atoms with Crippen molar-refractivity contribution < 1.29 is 0 Å². The van der Waals surface area contributed by atoms with Crippen molar-refractivity contribution in [1.29, 1.82) is 0 Å². The van der Waals surface area contributed by atoms with Crippen LogP contribution in [0.2, 0.25) is 0 Å². The van der Waals surface area contributed by atoms with Gasteiger partial charge in [-0.2, -0.15) is 5.10 Å². The molecule has 3 heterocycles. The molecule has 0 aromatic carbocycles. The highest BCUT2D eigenvalue weighted by molar-refractivity contribution is 7.19. The molecule has 0 unspecified atom stereocenters. The van der Waals surface area contributed by atoms with Crippen molar-refractivity contribution >= 4 is 27.1 Å². The van der Waals surface area contributed by atoms with Gasteiger partial charge in [-0.1, -0.05) is 6.08 Å². The molecule has 0 N–H and O–H groups in total. The van der Waals surface area contributed by atoms with Gasteiger partial charge < -0.3 is 4.90 Å². The number of aromatic nitrogens is 2. The first kappa shape index (κ1) is 11.0. The number of likely N-dealkylation sites (N-methyl/N-ethyl adjacent to an activating group) is 1. The Labute approximate surface area is 105 Å². The maximum atomic E-state index is 4.45. The van der Waals surface area contributed by atoms with Gasteiger partial charge in [0.2, 0.25) is 0 Å². The highest BCUT2D eigenvalue weighted by Gasteiger charge is 2.15. The Morgan fingerprint density at radius 3 is 2.88 bits per heavy atom. The van der Waals surface area contributed by atoms with Crippen molar-refractivity contribution in [2.24, 2.45) is 7.05 Å². The van der Waals surface area contributed by atoms with Crippen molar-refractivity contribution in [3.8, 4) is 0 Å². The van der Waals surface area contributed by atoms with Crippen LogP contribution in [0, 0.1) is 6.92 Å². The molecule has 0 saturated heterocycles. The summed E-state index contributed by atoms with van der Waals surface area (Å²) < 4.78 is 1.99. The van der Waals surface area contributed by atoms with Gasteiger partial charge in [-0.3, -0.25) is 4.68 Å². The van der Waals surface area contributed by atoms with Crippen LogP contribution in [0.3, 0.4) is 0 Å². The summed E-state index contributed by atoms with van der Waals surface area (Å²) in [5, 5.41) is 5.76. The van der Waals surface area contributed by atoms with E-state index >= 15 is 0 Å². The van der Waals surface area contributed by atoms with Crippen LogP contribution in [0.15, 0.2) is 12.1 Å². The van der Waals surface area contributed by atoms with E-state index in [1.807, 2.05) is 23.1 Å². The number of hydrogen-bond donors (Lipinski definition) is 0. The van der Waals surface area contributed by atoms with E-state index in [0.29, 0.717) is 0 Å². The molecule has 0 atom stereocenters. The summed E-state index contributed by atoms with van der Waals surface area (Å²) >= 11 is 1.86. The molecule has 2 aromatic heterocycles. The topological polar surface area (TPSA) is 21.1 Å². The van der Waals surface area contributed by atoms with E-state index in [4.69, 9.17) is 0 Å². The summed E-state index contributed by atoms with van der Waals surface area (Å²) in [7, 11) is 4.21. The first-order valence-electron chi connectivity index (χ1n) is 5.96. The van der Waals surface area contributed by atoms with Gasteiger partial charge in [-0.25, -0.2) is 0 Å². The second kappa shape index (κ2) is 3.96. The molecular weight excluding hydrogens is 230 g/mol. The smallest absolute Gasteiger partial charge is 0.121 e. The standard InChI is InChI=1S/C13H17N3S/c1-9-11-7-12(17-13(11)16(3)14-9)10-5-4-6-15(2)8-10/h5,7H,4,6,8H2,1-3H3. The maximum absolute atomic E-state index is 4.45. The zero-order chi connectivity index (χ0) is 12.0. The second-order valence-electron chi connectivity index (χ2n) is 4.79. The van der Waals surface area contributed by atoms with Crippen LogP contribution in [-0.4, -0.2) is 34.8 Å². The largest absolute Gasteiger partial charge is 0.302 e. The monoisotopic (exact) mass is 247 g/mol. The molecule has 0 spiro atoms. The molecule has 0 aliphatic carbocycles. The predicted molar refractivity (Wildman–Crippen MR) is 73.4 cm³/mol. The first-order valence-corrected chi connectivity index (χ1v) is 6.78. The number of thiophene rings is 1. The first-order chi connectivity index (χ1) is 8.15. The van der Waals surface area contributed by atoms with Crippen molar-refractivity contribution in [1.82, 2.24) is 14.7 Å². The minimum Gasteiger partial charge on any atom is -0.302 e. The van der Waals surface area contributed by atoms with Crippen LogP contribution >= 0.6 is 11.3 Å². The van der Waals surface area contributed by atoms with Crippen LogP contribution in [-0.2, 0) is 7.05 Å². The van der Waals surface area contributed by atoms with Crippen LogP contribution in [0.25, 0.3) is 15.8 Å². The van der Waals surface area contributed by atoms with Gasteiger partial charge in [0, 0.05) is 30.4 Å². The van der Waals surface area contributed by atoms with E-state index in [9.17, 15) is 0 Å². The van der Waals surface area contributed by atoms with E-state index < -0.39 is 0 Å². The summed E-state index contributed by atoms with van der Waals surface area (Å²) in [6, 6.07) is 2.30. The maximum Gasteiger partial charge on any atom is 0.121 e. The van der Waals surface area contributed by atoms with Crippen molar-refractivity contribution in [3.63, 3.8) is 0 Å². The quantitative estimate of drug-likeness (QED) is 0.772. The Morgan fingerprint density at radius 2 is 2.18 bits per heavy atom. The molecule has 1 aliphatic heterocycles. The Kier molecular flexibility index (Phi) is 2.56. The van der Waals surface area contributed by atoms with Gasteiger partial charge >= 0.3 is 0 Å². The lowest BCUT2D eigenvalue weighted by Gasteiger charge is -2.22. The van der Waals surface area contributed by atoms with Gasteiger partial charge in [0.25, 0.3) is 0 Å². The number of aryl methyl sites for hydroxylation is 2. The Morgan fingerprint density at radius 1 is 1.35 bits per heavy atom. The van der Waals surface area contributed by atoms with E-state index in [-0.39, 0.29) is 0 Å². The second-order valence-corrected chi connectivity index (χ2v) is 5.82. The normalized spacial score (nSPS) is 17.7. The van der Waals surface area contributed by atoms with Gasteiger partial charge in [0.15, 0.2) is 0 Å². The van der Waals surface area contributed by atoms with Crippen LogP contribution in [0.4, 0.5) is 0 Å². The van der Waals surface area contributed by atoms with Crippen LogP contribution in [0.1, 0.15) is 17.0 Å². The minimum atomic E-state index is 1.07. The van der Waals surface area contributed by atoms with Crippen molar-refractivity contribution in [2.75, 3.05) is 20.1 Å². The van der Waals surface area contributed by atoms with Gasteiger partial charge in [0.1, 0.15) is 4.83 Å². The third kappa shape index (κ3) is 1.81. The summed E-state index contributed by atoms with van der Waals surface area (Å²) in [5.74, 6) is 0. The summed E-state index contributed by atoms with van der Waals surface area (Å²) in [6.45, 7) is 4.33. The Hall–Kier alpha value is -1.13. The molecule has 4 heteroatoms. The van der Waals surface area contributed by atoms with Gasteiger partial charge in [-0.15, -0.1) is 11.3 Å². The van der Waals surface area contributed by atoms with Crippen molar-refractivity contribution in [2.45, 2.75) is 13.3 Å². The molecule has 2 aromatic rings. The number of rotatable bonds is 1. The zero-order valence-corrected chi connectivity index (χ0v) is 11.3. The average molecular weight is 247 g/mol. The Bertz CT molecular complexity index is 557. The molecular formula is C13H17N3S. The minimum absolute atomic E-state index is 1.07. The summed E-state index contributed by atoms with van der Waals surface area (Å²) in [4.78, 5) is 5.07. The Balaban J connectivity index is 2.06. The van der Waals surface area contributed by atoms with E-state index in [2.05, 4.69) is 36.1 Å². The highest BCUT2D eigenvalue weighted by atomic mass is 32.1. The molecule has 0 radical (unpaired) electrons. The average Bonchev–Trinajstić information content (AvgIpc) is 2.82. The number of fused-ring (bicyclic) bond motifs is 1. The number of hydrogen-bond acceptors (Lipinski definition) is 3. The van der Waals surface area contributed by atoms with E-state index in [1.54, 1.807) is 0 Å². The van der Waals surface area contributed by atoms with Crippen LogP contribution < -0.4 is 0 Å². The van der Waals surface area contributed by atoms with E-state index in [1.165, 1.54) is 27.2 Å². The molecule has 0 bridgehead atoms. The van der Waals surface area contributed by atoms with Gasteiger partial charge in [0.05, 0.1) is 5.69 Å². The molecule has 3 rings (SSSR count). The van der Waals surface area contributed by atoms with E-state index in [0.717, 1.165) is 18.7 Å². The SMILES string of the molecule is Cc1nn(C)c2sc(C3=CCCN(C)C3)cc12. The fraction of sp³-hybridized carbons (Fsp3) is 0.462. The third-order valence-corrected chi connectivity index (χ3v) is 4.63. The molecule has 17 heavy (non-hydrogen) atoms. The zero-order valence-electron chi connectivity index (χ0n) is 10.5. The molecule has 0 saturated carbocycles. The lowest BCUT2D eigenvalue weighted by atomic mass is 10.1. The molecule has 0 amide bonds. The lowest BCUT2D eigenvalue weighted by molar-refractivity contribution is 0.373. The number of nitrogens with zero attached hydrogens (tertiary/aromatic N) is 3. The van der Waals surface area contributed by atoms with Crippen molar-refractivity contribution in [3.05, 3.63) is 22.7 Å². The predicted octanol–water partition coefficient (Wildman–Crippen LogP) is 2.66. The van der Waals surface area contributed by atoms with Gasteiger partial charge in [-0.05, 0) is 32.0 Å². The summed E-state index contributed by atoms with van der Waals surface area (Å²) in [6.07, 6.45) is 3.55. The van der Waals surface area contributed by atoms with Crippen LogP contribution in [0.5, 0.6) is 0 Å². The fourth-order valence-electron chi connectivity index (χ4n) is 2.44. The molecule has 3 nitrogen and oxygen atoms in total. The third-order valence-electron chi connectivity index (χ3n) is 3.35. The lowest BCUT2D eigenvalue weighted by Crippen LogP contribution is -2.24. The molecule has 1 aliphatic rings. The summed E-state index contributed by atoms with van der Waals surface area (Å²) in [5.41, 5.74) is 2.61.